The highest BCUT2D eigenvalue weighted by atomic mass is 32.2. The summed E-state index contributed by atoms with van der Waals surface area (Å²) in [4.78, 5) is 22.0. The van der Waals surface area contributed by atoms with Gasteiger partial charge in [0.2, 0.25) is 0 Å². The number of nitrogens with two attached hydrogens (primary N) is 1. The summed E-state index contributed by atoms with van der Waals surface area (Å²) in [5.74, 6) is 0.882. The fourth-order valence-corrected chi connectivity index (χ4v) is 3.44. The largest absolute Gasteiger partial charge is 0.396 e. The number of rotatable bonds is 3. The van der Waals surface area contributed by atoms with Gasteiger partial charge in [0, 0.05) is 11.4 Å². The summed E-state index contributed by atoms with van der Waals surface area (Å²) in [6.45, 7) is 5.73. The van der Waals surface area contributed by atoms with E-state index in [1.165, 1.54) is 11.8 Å². The molecule has 1 fully saturated rings. The molecule has 3 N–H and O–H groups in total. The molecule has 6 nitrogen and oxygen atoms in total. The maximum absolute atomic E-state index is 12.2. The molecule has 1 aromatic heterocycles. The van der Waals surface area contributed by atoms with Crippen LogP contribution in [-0.4, -0.2) is 37.7 Å². The molecular formula is C12H18N4O2S. The van der Waals surface area contributed by atoms with Crippen LogP contribution in [0.3, 0.4) is 0 Å². The van der Waals surface area contributed by atoms with E-state index in [-0.39, 0.29) is 22.6 Å². The Labute approximate surface area is 116 Å². The highest BCUT2D eigenvalue weighted by molar-refractivity contribution is 8.15. The molecule has 2 atom stereocenters. The zero-order valence-corrected chi connectivity index (χ0v) is 12.1. The van der Waals surface area contributed by atoms with Crippen LogP contribution in [0.25, 0.3) is 0 Å². The van der Waals surface area contributed by atoms with E-state index in [0.717, 1.165) is 0 Å². The first-order valence-electron chi connectivity index (χ1n) is 6.11. The summed E-state index contributed by atoms with van der Waals surface area (Å²) in [5.41, 5.74) is 6.42. The van der Waals surface area contributed by atoms with Crippen LogP contribution >= 0.6 is 11.8 Å². The lowest BCUT2D eigenvalue weighted by Gasteiger charge is -2.30. The van der Waals surface area contributed by atoms with Gasteiger partial charge in [-0.05, 0) is 27.2 Å². The predicted molar refractivity (Wildman–Crippen MR) is 76.2 cm³/mol. The first-order valence-corrected chi connectivity index (χ1v) is 6.93. The van der Waals surface area contributed by atoms with Gasteiger partial charge < -0.3 is 10.8 Å². The molecule has 19 heavy (non-hydrogen) atoms. The molecule has 0 aliphatic carbocycles. The van der Waals surface area contributed by atoms with E-state index in [0.29, 0.717) is 23.8 Å². The number of hydrogen-bond acceptors (Lipinski definition) is 6. The molecule has 0 unspecified atom stereocenters. The van der Waals surface area contributed by atoms with Gasteiger partial charge >= 0.3 is 0 Å². The van der Waals surface area contributed by atoms with E-state index >= 15 is 0 Å². The Hall–Kier alpha value is -1.34. The Morgan fingerprint density at radius 1 is 1.63 bits per heavy atom. The summed E-state index contributed by atoms with van der Waals surface area (Å²) >= 11 is 1.23. The van der Waals surface area contributed by atoms with Crippen LogP contribution in [0.2, 0.25) is 0 Å². The van der Waals surface area contributed by atoms with Crippen LogP contribution in [0, 0.1) is 6.92 Å². The van der Waals surface area contributed by atoms with Gasteiger partial charge in [-0.25, -0.2) is 9.97 Å². The zero-order valence-electron chi connectivity index (χ0n) is 11.3. The summed E-state index contributed by atoms with van der Waals surface area (Å²) in [6.07, 6.45) is 2.13. The molecule has 1 aliphatic rings. The third kappa shape index (κ3) is 2.40. The van der Waals surface area contributed by atoms with Gasteiger partial charge in [-0.3, -0.25) is 9.69 Å². The van der Waals surface area contributed by atoms with Crippen molar-refractivity contribution in [2.45, 2.75) is 38.0 Å². The number of aromatic nitrogens is 2. The Kier molecular flexibility index (Phi) is 3.69. The SMILES string of the molecule is Cc1ncc(N2C(=O)S[C@@](C)(CCO)[C@H]2C)c(N)n1. The molecule has 1 saturated heterocycles. The van der Waals surface area contributed by atoms with Crippen LogP contribution in [0.15, 0.2) is 6.20 Å². The van der Waals surface area contributed by atoms with Crippen molar-refractivity contribution in [3.63, 3.8) is 0 Å². The van der Waals surface area contributed by atoms with E-state index in [9.17, 15) is 4.79 Å². The smallest absolute Gasteiger partial charge is 0.287 e. The summed E-state index contributed by atoms with van der Waals surface area (Å²) in [6, 6.07) is -0.0780. The first kappa shape index (κ1) is 14.1. The predicted octanol–water partition coefficient (Wildman–Crippen LogP) is 1.57. The van der Waals surface area contributed by atoms with Gasteiger partial charge in [-0.2, -0.15) is 0 Å². The molecule has 0 radical (unpaired) electrons. The number of thioether (sulfide) groups is 1. The second-order valence-corrected chi connectivity index (χ2v) is 6.37. The van der Waals surface area contributed by atoms with Gasteiger partial charge in [-0.15, -0.1) is 0 Å². The molecule has 1 aliphatic heterocycles. The van der Waals surface area contributed by atoms with Crippen molar-refractivity contribution in [2.75, 3.05) is 17.2 Å². The van der Waals surface area contributed by atoms with Gasteiger partial charge in [0.25, 0.3) is 5.24 Å². The van der Waals surface area contributed by atoms with Crippen molar-refractivity contribution in [2.24, 2.45) is 0 Å². The van der Waals surface area contributed by atoms with Crippen molar-refractivity contribution >= 4 is 28.5 Å². The van der Waals surface area contributed by atoms with E-state index in [2.05, 4.69) is 9.97 Å². The fraction of sp³-hybridized carbons (Fsp3) is 0.583. The average Bonchev–Trinajstić information content (AvgIpc) is 2.52. The van der Waals surface area contributed by atoms with Crippen molar-refractivity contribution in [3.05, 3.63) is 12.0 Å². The topological polar surface area (TPSA) is 92.3 Å². The number of anilines is 2. The number of aryl methyl sites for hydroxylation is 1. The Bertz CT molecular complexity index is 511. The molecule has 1 amide bonds. The van der Waals surface area contributed by atoms with Crippen LogP contribution in [0.5, 0.6) is 0 Å². The second kappa shape index (κ2) is 4.97. The lowest BCUT2D eigenvalue weighted by Crippen LogP contribution is -2.41. The highest BCUT2D eigenvalue weighted by Gasteiger charge is 2.48. The number of hydrogen-bond donors (Lipinski definition) is 2. The molecule has 104 valence electrons. The molecule has 7 heteroatoms. The number of aliphatic hydroxyl groups is 1. The quantitative estimate of drug-likeness (QED) is 0.874. The monoisotopic (exact) mass is 282 g/mol. The first-order chi connectivity index (χ1) is 8.89. The molecule has 0 bridgehead atoms. The van der Waals surface area contributed by atoms with Crippen LogP contribution < -0.4 is 10.6 Å². The van der Waals surface area contributed by atoms with E-state index in [4.69, 9.17) is 10.8 Å². The van der Waals surface area contributed by atoms with Crippen LogP contribution in [0.1, 0.15) is 26.1 Å². The molecular weight excluding hydrogens is 264 g/mol. The third-order valence-corrected chi connectivity index (χ3v) is 4.96. The maximum Gasteiger partial charge on any atom is 0.287 e. The number of aliphatic hydroxyl groups excluding tert-OH is 1. The van der Waals surface area contributed by atoms with Gasteiger partial charge in [0.05, 0.1) is 12.2 Å². The van der Waals surface area contributed by atoms with Crippen LogP contribution in [-0.2, 0) is 0 Å². The molecule has 0 aromatic carbocycles. The fourth-order valence-electron chi connectivity index (χ4n) is 2.22. The van der Waals surface area contributed by atoms with E-state index in [1.54, 1.807) is 18.0 Å². The number of carbonyl (C=O) groups is 1. The normalized spacial score (nSPS) is 27.1. The summed E-state index contributed by atoms with van der Waals surface area (Å²) < 4.78 is -0.330. The maximum atomic E-state index is 12.2. The molecule has 2 rings (SSSR count). The van der Waals surface area contributed by atoms with Crippen molar-refractivity contribution < 1.29 is 9.90 Å². The summed E-state index contributed by atoms with van der Waals surface area (Å²) in [7, 11) is 0. The number of nitrogens with zero attached hydrogens (tertiary/aromatic N) is 3. The molecule has 1 aromatic rings. The van der Waals surface area contributed by atoms with E-state index < -0.39 is 0 Å². The molecule has 2 heterocycles. The number of carbonyl (C=O) groups excluding carboxylic acids is 1. The summed E-state index contributed by atoms with van der Waals surface area (Å²) in [5, 5.41) is 9.07. The minimum absolute atomic E-state index is 0.0504. The minimum atomic E-state index is -0.330. The number of nitrogen functional groups attached to an aromatic ring is 1. The third-order valence-electron chi connectivity index (χ3n) is 3.57. The molecule has 0 spiro atoms. The minimum Gasteiger partial charge on any atom is -0.396 e. The van der Waals surface area contributed by atoms with Crippen LogP contribution in [0.4, 0.5) is 16.3 Å². The zero-order chi connectivity index (χ0) is 14.2. The van der Waals surface area contributed by atoms with Gasteiger partial charge in [0.1, 0.15) is 11.5 Å². The highest BCUT2D eigenvalue weighted by Crippen LogP contribution is 2.46. The van der Waals surface area contributed by atoms with Gasteiger partial charge in [0.15, 0.2) is 5.82 Å². The average molecular weight is 282 g/mol. The Morgan fingerprint density at radius 2 is 2.32 bits per heavy atom. The Morgan fingerprint density at radius 3 is 2.89 bits per heavy atom. The Balaban J connectivity index is 2.37. The van der Waals surface area contributed by atoms with Crippen molar-refractivity contribution in [1.82, 2.24) is 9.97 Å². The lowest BCUT2D eigenvalue weighted by molar-refractivity contribution is 0.259. The number of amides is 1. The van der Waals surface area contributed by atoms with E-state index in [1.807, 2.05) is 13.8 Å². The lowest BCUT2D eigenvalue weighted by atomic mass is 9.97. The standard InChI is InChI=1S/C12H18N4O2S/c1-7-12(3,4-5-17)19-11(18)16(7)9-6-14-8(2)15-10(9)13/h6-7,17H,4-5H2,1-3H3,(H2,13,14,15)/t7-,12+/m1/s1. The second-order valence-electron chi connectivity index (χ2n) is 4.89. The van der Waals surface area contributed by atoms with Crippen molar-refractivity contribution in [3.8, 4) is 0 Å². The van der Waals surface area contributed by atoms with Gasteiger partial charge in [-0.1, -0.05) is 11.8 Å². The molecule has 0 saturated carbocycles. The van der Waals surface area contributed by atoms with Crippen molar-refractivity contribution in [1.29, 1.82) is 0 Å².